The highest BCUT2D eigenvalue weighted by Gasteiger charge is 2.08. The van der Waals surface area contributed by atoms with Crippen molar-refractivity contribution in [3.8, 4) is 0 Å². The first-order chi connectivity index (χ1) is 10.8. The van der Waals surface area contributed by atoms with E-state index in [4.69, 9.17) is 0 Å². The van der Waals surface area contributed by atoms with Crippen LogP contribution in [0.1, 0.15) is 32.1 Å². The van der Waals surface area contributed by atoms with Crippen LogP contribution in [-0.4, -0.2) is 27.6 Å². The summed E-state index contributed by atoms with van der Waals surface area (Å²) in [7, 11) is 0. The SMILES string of the molecule is O=C(CSc1ncc2ccccn12)NCCC1=CCCCC1. The van der Waals surface area contributed by atoms with Gasteiger partial charge in [-0.05, 0) is 44.2 Å². The van der Waals surface area contributed by atoms with Gasteiger partial charge in [-0.1, -0.05) is 29.5 Å². The Labute approximate surface area is 135 Å². The number of pyridine rings is 1. The number of hydrogen-bond acceptors (Lipinski definition) is 3. The summed E-state index contributed by atoms with van der Waals surface area (Å²) in [6.45, 7) is 0.744. The van der Waals surface area contributed by atoms with E-state index in [0.717, 1.165) is 23.6 Å². The van der Waals surface area contributed by atoms with Gasteiger partial charge in [0.15, 0.2) is 5.16 Å². The van der Waals surface area contributed by atoms with Gasteiger partial charge in [-0.3, -0.25) is 9.20 Å². The smallest absolute Gasteiger partial charge is 0.230 e. The highest BCUT2D eigenvalue weighted by atomic mass is 32.2. The minimum atomic E-state index is 0.0779. The molecular weight excluding hydrogens is 294 g/mol. The number of fused-ring (bicyclic) bond motifs is 1. The Kier molecular flexibility index (Phi) is 5.16. The Morgan fingerprint density at radius 1 is 1.36 bits per heavy atom. The third kappa shape index (κ3) is 3.91. The standard InChI is InChI=1S/C17H21N3OS/c21-16(18-10-9-14-6-2-1-3-7-14)13-22-17-19-12-15-8-4-5-11-20(15)17/h4-6,8,11-12H,1-3,7,9-10,13H2,(H,18,21). The van der Waals surface area contributed by atoms with E-state index in [1.807, 2.05) is 35.0 Å². The molecule has 0 saturated carbocycles. The van der Waals surface area contributed by atoms with Crippen LogP contribution < -0.4 is 5.32 Å². The van der Waals surface area contributed by atoms with Gasteiger partial charge in [-0.25, -0.2) is 4.98 Å². The van der Waals surface area contributed by atoms with Gasteiger partial charge in [0.1, 0.15) is 0 Å². The fourth-order valence-electron chi connectivity index (χ4n) is 2.70. The fraction of sp³-hybridized carbons (Fsp3) is 0.412. The number of imidazole rings is 1. The van der Waals surface area contributed by atoms with Gasteiger partial charge in [0.25, 0.3) is 0 Å². The highest BCUT2D eigenvalue weighted by molar-refractivity contribution is 7.99. The number of hydrogen-bond donors (Lipinski definition) is 1. The lowest BCUT2D eigenvalue weighted by atomic mass is 9.97. The van der Waals surface area contributed by atoms with Crippen molar-refractivity contribution in [1.29, 1.82) is 0 Å². The monoisotopic (exact) mass is 315 g/mol. The van der Waals surface area contributed by atoms with Crippen LogP contribution in [0.15, 0.2) is 47.4 Å². The quantitative estimate of drug-likeness (QED) is 0.656. The van der Waals surface area contributed by atoms with E-state index >= 15 is 0 Å². The Hall–Kier alpha value is -1.75. The van der Waals surface area contributed by atoms with E-state index in [-0.39, 0.29) is 5.91 Å². The first-order valence-electron chi connectivity index (χ1n) is 7.82. The number of carbonyl (C=O) groups is 1. The van der Waals surface area contributed by atoms with Crippen molar-refractivity contribution >= 4 is 23.2 Å². The second kappa shape index (κ2) is 7.49. The van der Waals surface area contributed by atoms with Gasteiger partial charge in [-0.15, -0.1) is 0 Å². The molecule has 1 N–H and O–H groups in total. The molecule has 4 nitrogen and oxygen atoms in total. The number of aromatic nitrogens is 2. The number of amides is 1. The van der Waals surface area contributed by atoms with Gasteiger partial charge in [0, 0.05) is 12.7 Å². The predicted molar refractivity (Wildman–Crippen MR) is 90.1 cm³/mol. The molecule has 0 radical (unpaired) electrons. The molecule has 1 aliphatic carbocycles. The summed E-state index contributed by atoms with van der Waals surface area (Å²) in [5, 5.41) is 3.86. The van der Waals surface area contributed by atoms with Gasteiger partial charge >= 0.3 is 0 Å². The Morgan fingerprint density at radius 3 is 3.18 bits per heavy atom. The Balaban J connectivity index is 1.43. The molecule has 116 valence electrons. The summed E-state index contributed by atoms with van der Waals surface area (Å²) >= 11 is 1.48. The van der Waals surface area contributed by atoms with Crippen molar-refractivity contribution in [2.45, 2.75) is 37.3 Å². The van der Waals surface area contributed by atoms with E-state index in [1.165, 1.54) is 43.0 Å². The Bertz CT molecular complexity index is 677. The van der Waals surface area contributed by atoms with Crippen LogP contribution in [0.2, 0.25) is 0 Å². The summed E-state index contributed by atoms with van der Waals surface area (Å²) in [6, 6.07) is 5.96. The molecule has 0 bridgehead atoms. The average Bonchev–Trinajstić information content (AvgIpc) is 2.97. The summed E-state index contributed by atoms with van der Waals surface area (Å²) in [5.41, 5.74) is 2.55. The molecule has 5 heteroatoms. The van der Waals surface area contributed by atoms with Crippen molar-refractivity contribution in [2.75, 3.05) is 12.3 Å². The number of nitrogens with zero attached hydrogens (tertiary/aromatic N) is 2. The Morgan fingerprint density at radius 2 is 2.32 bits per heavy atom. The molecule has 0 saturated heterocycles. The molecule has 1 aliphatic rings. The van der Waals surface area contributed by atoms with Crippen LogP contribution in [0.4, 0.5) is 0 Å². The zero-order valence-electron chi connectivity index (χ0n) is 12.6. The van der Waals surface area contributed by atoms with E-state index < -0.39 is 0 Å². The van der Waals surface area contributed by atoms with Crippen molar-refractivity contribution in [2.24, 2.45) is 0 Å². The largest absolute Gasteiger partial charge is 0.355 e. The summed E-state index contributed by atoms with van der Waals surface area (Å²) in [5.74, 6) is 0.488. The lowest BCUT2D eigenvalue weighted by Gasteiger charge is -2.12. The molecule has 0 aliphatic heterocycles. The molecule has 0 fully saturated rings. The van der Waals surface area contributed by atoms with E-state index in [2.05, 4.69) is 16.4 Å². The van der Waals surface area contributed by atoms with Crippen LogP contribution >= 0.6 is 11.8 Å². The van der Waals surface area contributed by atoms with Crippen molar-refractivity contribution in [1.82, 2.24) is 14.7 Å². The van der Waals surface area contributed by atoms with Crippen LogP contribution in [-0.2, 0) is 4.79 Å². The van der Waals surface area contributed by atoms with E-state index in [9.17, 15) is 4.79 Å². The van der Waals surface area contributed by atoms with Gasteiger partial charge in [0.05, 0.1) is 17.5 Å². The second-order valence-corrected chi connectivity index (χ2v) is 6.48. The normalized spacial score (nSPS) is 14.8. The maximum absolute atomic E-state index is 11.9. The second-order valence-electron chi connectivity index (χ2n) is 5.53. The van der Waals surface area contributed by atoms with E-state index in [1.54, 1.807) is 0 Å². The van der Waals surface area contributed by atoms with Crippen molar-refractivity contribution in [3.63, 3.8) is 0 Å². The zero-order valence-corrected chi connectivity index (χ0v) is 13.4. The van der Waals surface area contributed by atoms with Crippen LogP contribution in [0, 0.1) is 0 Å². The molecule has 2 heterocycles. The van der Waals surface area contributed by atoms with E-state index in [0.29, 0.717) is 5.75 Å². The minimum absolute atomic E-state index is 0.0779. The van der Waals surface area contributed by atoms with Crippen LogP contribution in [0.25, 0.3) is 5.52 Å². The first-order valence-corrected chi connectivity index (χ1v) is 8.81. The molecule has 3 rings (SSSR count). The number of carbonyl (C=O) groups excluding carboxylic acids is 1. The lowest BCUT2D eigenvalue weighted by Crippen LogP contribution is -2.26. The summed E-state index contributed by atoms with van der Waals surface area (Å²) < 4.78 is 2.00. The molecule has 0 unspecified atom stereocenters. The van der Waals surface area contributed by atoms with Crippen LogP contribution in [0.5, 0.6) is 0 Å². The predicted octanol–water partition coefficient (Wildman–Crippen LogP) is 3.43. The molecule has 0 atom stereocenters. The minimum Gasteiger partial charge on any atom is -0.355 e. The lowest BCUT2D eigenvalue weighted by molar-refractivity contribution is -0.118. The first kappa shape index (κ1) is 15.2. The molecule has 2 aromatic rings. The highest BCUT2D eigenvalue weighted by Crippen LogP contribution is 2.20. The maximum Gasteiger partial charge on any atom is 0.230 e. The topological polar surface area (TPSA) is 46.4 Å². The number of rotatable bonds is 6. The maximum atomic E-state index is 11.9. The molecule has 1 amide bonds. The van der Waals surface area contributed by atoms with Crippen molar-refractivity contribution < 1.29 is 4.79 Å². The zero-order chi connectivity index (χ0) is 15.2. The van der Waals surface area contributed by atoms with Gasteiger partial charge in [0.2, 0.25) is 5.91 Å². The van der Waals surface area contributed by atoms with Gasteiger partial charge in [-0.2, -0.15) is 0 Å². The number of nitrogens with one attached hydrogen (secondary N) is 1. The van der Waals surface area contributed by atoms with Crippen molar-refractivity contribution in [3.05, 3.63) is 42.2 Å². The number of thioether (sulfide) groups is 1. The number of allylic oxidation sites excluding steroid dienone is 1. The summed E-state index contributed by atoms with van der Waals surface area (Å²) in [4.78, 5) is 16.3. The molecule has 0 spiro atoms. The molecule has 22 heavy (non-hydrogen) atoms. The molecule has 0 aromatic carbocycles. The van der Waals surface area contributed by atoms with Crippen LogP contribution in [0.3, 0.4) is 0 Å². The fourth-order valence-corrected chi connectivity index (χ4v) is 3.50. The van der Waals surface area contributed by atoms with Gasteiger partial charge < -0.3 is 5.32 Å². The summed E-state index contributed by atoms with van der Waals surface area (Å²) in [6.07, 6.45) is 12.1. The third-order valence-corrected chi connectivity index (χ3v) is 4.86. The molecule has 2 aromatic heterocycles. The third-order valence-electron chi connectivity index (χ3n) is 3.89. The average molecular weight is 315 g/mol. The molecular formula is C17H21N3OS.